The second-order valence-corrected chi connectivity index (χ2v) is 6.61. The number of carbonyl (C=O) groups excluding carboxylic acids is 1. The molecule has 1 aliphatic rings. The highest BCUT2D eigenvalue weighted by atomic mass is 32.1. The molecule has 1 atom stereocenters. The summed E-state index contributed by atoms with van der Waals surface area (Å²) in [5.74, 6) is 0.0325. The third-order valence-corrected chi connectivity index (χ3v) is 3.85. The molecule has 5 nitrogen and oxygen atoms in total. The highest BCUT2D eigenvalue weighted by Crippen LogP contribution is 2.27. The Balaban J connectivity index is 2.21. The predicted molar refractivity (Wildman–Crippen MR) is 71.7 cm³/mol. The van der Waals surface area contributed by atoms with Crippen LogP contribution in [-0.4, -0.2) is 39.5 Å². The highest BCUT2D eigenvalue weighted by molar-refractivity contribution is 7.08. The molecule has 1 aromatic heterocycles. The number of nitrogens with two attached hydrogens (primary N) is 1. The third kappa shape index (κ3) is 2.70. The minimum absolute atomic E-state index is 0.0325. The number of amides is 1. The number of hydrogen-bond donors (Lipinski definition) is 1. The topological polar surface area (TPSA) is 72.1 Å². The van der Waals surface area contributed by atoms with E-state index in [-0.39, 0.29) is 17.4 Å². The lowest BCUT2D eigenvalue weighted by Crippen LogP contribution is -2.45. The van der Waals surface area contributed by atoms with E-state index in [0.717, 1.165) is 25.1 Å². The van der Waals surface area contributed by atoms with Crippen LogP contribution in [0.2, 0.25) is 0 Å². The molecule has 1 unspecified atom stereocenters. The van der Waals surface area contributed by atoms with Crippen LogP contribution in [0, 0.1) is 0 Å². The van der Waals surface area contributed by atoms with Crippen LogP contribution in [0.25, 0.3) is 0 Å². The normalized spacial score (nSPS) is 21.1. The Morgan fingerprint density at radius 2 is 2.22 bits per heavy atom. The van der Waals surface area contributed by atoms with Crippen molar-refractivity contribution in [1.29, 1.82) is 0 Å². The molecule has 0 saturated carbocycles. The molecule has 2 N–H and O–H groups in total. The van der Waals surface area contributed by atoms with Gasteiger partial charge < -0.3 is 10.6 Å². The van der Waals surface area contributed by atoms with Crippen LogP contribution in [0.5, 0.6) is 0 Å². The Hall–Kier alpha value is -1.01. The van der Waals surface area contributed by atoms with Gasteiger partial charge in [0.05, 0.1) is 5.69 Å². The number of likely N-dealkylation sites (tertiary alicyclic amines) is 1. The minimum Gasteiger partial charge on any atom is -0.336 e. The Kier molecular flexibility index (Phi) is 3.68. The number of nitrogens with zero attached hydrogens (tertiary/aromatic N) is 3. The highest BCUT2D eigenvalue weighted by Gasteiger charge is 2.30. The van der Waals surface area contributed by atoms with Crippen molar-refractivity contribution in [2.45, 2.75) is 45.1 Å². The maximum absolute atomic E-state index is 12.5. The van der Waals surface area contributed by atoms with Crippen molar-refractivity contribution in [2.24, 2.45) is 5.73 Å². The first kappa shape index (κ1) is 13.4. The summed E-state index contributed by atoms with van der Waals surface area (Å²) in [4.78, 5) is 15.0. The van der Waals surface area contributed by atoms with Crippen LogP contribution in [0.3, 0.4) is 0 Å². The Morgan fingerprint density at radius 1 is 1.50 bits per heavy atom. The summed E-state index contributed by atoms with van der Waals surface area (Å²) < 4.78 is 3.94. The first-order valence-electron chi connectivity index (χ1n) is 6.27. The molecular formula is C12H20N4OS. The zero-order chi connectivity index (χ0) is 13.3. The molecule has 1 fully saturated rings. The largest absolute Gasteiger partial charge is 0.336 e. The fourth-order valence-corrected chi connectivity index (χ4v) is 3.00. The number of rotatable bonds is 1. The molecule has 0 aromatic carbocycles. The summed E-state index contributed by atoms with van der Waals surface area (Å²) >= 11 is 1.19. The SMILES string of the molecule is CC(C)(C)c1nnsc1C(=O)N1CCCC(N)C1. The van der Waals surface area contributed by atoms with E-state index in [4.69, 9.17) is 5.73 Å². The van der Waals surface area contributed by atoms with Gasteiger partial charge in [-0.1, -0.05) is 25.3 Å². The van der Waals surface area contributed by atoms with Crippen molar-refractivity contribution in [2.75, 3.05) is 13.1 Å². The van der Waals surface area contributed by atoms with Crippen LogP contribution in [0.15, 0.2) is 0 Å². The molecule has 0 radical (unpaired) electrons. The first-order chi connectivity index (χ1) is 8.39. The van der Waals surface area contributed by atoms with Gasteiger partial charge in [0.1, 0.15) is 4.88 Å². The van der Waals surface area contributed by atoms with Gasteiger partial charge in [0, 0.05) is 24.5 Å². The van der Waals surface area contributed by atoms with Gasteiger partial charge in [0.25, 0.3) is 5.91 Å². The van der Waals surface area contributed by atoms with Gasteiger partial charge in [-0.3, -0.25) is 4.79 Å². The standard InChI is InChI=1S/C12H20N4OS/c1-12(2,3)10-9(18-15-14-10)11(17)16-6-4-5-8(13)7-16/h8H,4-7,13H2,1-3H3. The van der Waals surface area contributed by atoms with Crippen molar-refractivity contribution >= 4 is 17.4 Å². The van der Waals surface area contributed by atoms with E-state index >= 15 is 0 Å². The lowest BCUT2D eigenvalue weighted by atomic mass is 9.91. The molecule has 1 aromatic rings. The van der Waals surface area contributed by atoms with E-state index in [9.17, 15) is 4.79 Å². The van der Waals surface area contributed by atoms with Crippen LogP contribution in [0.1, 0.15) is 49.0 Å². The zero-order valence-electron chi connectivity index (χ0n) is 11.1. The fourth-order valence-electron chi connectivity index (χ4n) is 2.16. The van der Waals surface area contributed by atoms with E-state index in [2.05, 4.69) is 9.59 Å². The van der Waals surface area contributed by atoms with E-state index in [1.54, 1.807) is 0 Å². The van der Waals surface area contributed by atoms with Crippen LogP contribution in [-0.2, 0) is 5.41 Å². The molecule has 0 bridgehead atoms. The van der Waals surface area contributed by atoms with Gasteiger partial charge in [-0.2, -0.15) is 0 Å². The summed E-state index contributed by atoms with van der Waals surface area (Å²) in [6.07, 6.45) is 1.97. The number of piperidine rings is 1. The van der Waals surface area contributed by atoms with Crippen molar-refractivity contribution in [1.82, 2.24) is 14.5 Å². The van der Waals surface area contributed by atoms with Crippen LogP contribution in [0.4, 0.5) is 0 Å². The van der Waals surface area contributed by atoms with Gasteiger partial charge in [0.2, 0.25) is 0 Å². The molecule has 0 aliphatic carbocycles. The molecule has 18 heavy (non-hydrogen) atoms. The predicted octanol–water partition coefficient (Wildman–Crippen LogP) is 1.40. The van der Waals surface area contributed by atoms with Crippen molar-refractivity contribution in [3.8, 4) is 0 Å². The Morgan fingerprint density at radius 3 is 2.83 bits per heavy atom. The summed E-state index contributed by atoms with van der Waals surface area (Å²) in [6.45, 7) is 7.56. The van der Waals surface area contributed by atoms with E-state index in [1.165, 1.54) is 11.5 Å². The maximum Gasteiger partial charge on any atom is 0.267 e. The van der Waals surface area contributed by atoms with Crippen LogP contribution < -0.4 is 5.73 Å². The number of hydrogen-bond acceptors (Lipinski definition) is 5. The average molecular weight is 268 g/mol. The average Bonchev–Trinajstić information content (AvgIpc) is 2.76. The van der Waals surface area contributed by atoms with E-state index in [1.807, 2.05) is 25.7 Å². The smallest absolute Gasteiger partial charge is 0.267 e. The molecular weight excluding hydrogens is 248 g/mol. The lowest BCUT2D eigenvalue weighted by molar-refractivity contribution is 0.0711. The molecule has 0 spiro atoms. The molecule has 100 valence electrons. The minimum atomic E-state index is -0.157. The van der Waals surface area contributed by atoms with Gasteiger partial charge in [-0.15, -0.1) is 5.10 Å². The van der Waals surface area contributed by atoms with Gasteiger partial charge in [-0.25, -0.2) is 0 Å². The van der Waals surface area contributed by atoms with Crippen molar-refractivity contribution in [3.05, 3.63) is 10.6 Å². The fraction of sp³-hybridized carbons (Fsp3) is 0.750. The molecule has 1 aliphatic heterocycles. The summed E-state index contributed by atoms with van der Waals surface area (Å²) in [6, 6.07) is 0.0988. The van der Waals surface area contributed by atoms with Crippen molar-refractivity contribution < 1.29 is 4.79 Å². The molecule has 2 rings (SSSR count). The summed E-state index contributed by atoms with van der Waals surface area (Å²) in [5, 5.41) is 4.11. The van der Waals surface area contributed by atoms with Gasteiger partial charge in [-0.05, 0) is 24.4 Å². The Bertz CT molecular complexity index is 438. The lowest BCUT2D eigenvalue weighted by Gasteiger charge is -2.31. The summed E-state index contributed by atoms with van der Waals surface area (Å²) in [5.41, 5.74) is 6.55. The number of carbonyl (C=O) groups is 1. The first-order valence-corrected chi connectivity index (χ1v) is 7.04. The van der Waals surface area contributed by atoms with Gasteiger partial charge >= 0.3 is 0 Å². The maximum atomic E-state index is 12.5. The quantitative estimate of drug-likeness (QED) is 0.835. The molecule has 1 saturated heterocycles. The van der Waals surface area contributed by atoms with Crippen LogP contribution >= 0.6 is 11.5 Å². The second-order valence-electron chi connectivity index (χ2n) is 5.85. The summed E-state index contributed by atoms with van der Waals surface area (Å²) in [7, 11) is 0. The van der Waals surface area contributed by atoms with E-state index in [0.29, 0.717) is 11.4 Å². The molecule has 6 heteroatoms. The molecule has 2 heterocycles. The van der Waals surface area contributed by atoms with Crippen molar-refractivity contribution in [3.63, 3.8) is 0 Å². The number of aromatic nitrogens is 2. The monoisotopic (exact) mass is 268 g/mol. The zero-order valence-corrected chi connectivity index (χ0v) is 12.0. The van der Waals surface area contributed by atoms with Gasteiger partial charge in [0.15, 0.2) is 0 Å². The Labute approximate surface area is 112 Å². The second kappa shape index (κ2) is 4.93. The van der Waals surface area contributed by atoms with E-state index < -0.39 is 0 Å². The molecule has 1 amide bonds. The third-order valence-electron chi connectivity index (χ3n) is 3.14.